The van der Waals surface area contributed by atoms with Crippen LogP contribution >= 0.6 is 0 Å². The second kappa shape index (κ2) is 9.33. The molecule has 0 radical (unpaired) electrons. The number of carbonyl (C=O) groups is 1. The lowest BCUT2D eigenvalue weighted by Gasteiger charge is -2.25. The van der Waals surface area contributed by atoms with Gasteiger partial charge in [0.2, 0.25) is 5.91 Å². The quantitative estimate of drug-likeness (QED) is 0.281. The van der Waals surface area contributed by atoms with Gasteiger partial charge in [-0.1, -0.05) is 12.1 Å². The first kappa shape index (κ1) is 22.1. The van der Waals surface area contributed by atoms with Crippen molar-refractivity contribution in [3.8, 4) is 5.75 Å². The molecule has 0 aliphatic carbocycles. The maximum atomic E-state index is 12.6. The molecule has 0 bridgehead atoms. The number of amides is 1. The van der Waals surface area contributed by atoms with Gasteiger partial charge in [-0.2, -0.15) is 8.42 Å². The highest BCUT2D eigenvalue weighted by atomic mass is 32.2. The molecule has 0 aliphatic heterocycles. The van der Waals surface area contributed by atoms with Gasteiger partial charge in [-0.3, -0.25) is 14.9 Å². The molecule has 29 heavy (non-hydrogen) atoms. The third kappa shape index (κ3) is 7.04. The van der Waals surface area contributed by atoms with Gasteiger partial charge < -0.3 is 9.08 Å². The van der Waals surface area contributed by atoms with E-state index in [9.17, 15) is 23.3 Å². The van der Waals surface area contributed by atoms with E-state index in [1.54, 1.807) is 35.2 Å². The molecule has 2 rings (SSSR count). The molecular formula is C20H22N2O6S. The fraction of sp³-hybridized carbons (Fsp3) is 0.250. The van der Waals surface area contributed by atoms with Crippen LogP contribution in [0.5, 0.6) is 5.75 Å². The van der Waals surface area contributed by atoms with Crippen LogP contribution in [-0.4, -0.2) is 36.4 Å². The van der Waals surface area contributed by atoms with Gasteiger partial charge in [-0.15, -0.1) is 0 Å². The number of carbonyl (C=O) groups excluding carboxylic acids is 1. The van der Waals surface area contributed by atoms with E-state index < -0.39 is 15.0 Å². The van der Waals surface area contributed by atoms with Gasteiger partial charge in [-0.25, -0.2) is 0 Å². The lowest BCUT2D eigenvalue weighted by Crippen LogP contribution is -2.35. The van der Waals surface area contributed by atoms with Gasteiger partial charge in [-0.05, 0) is 55.3 Å². The Kier molecular flexibility index (Phi) is 7.11. The van der Waals surface area contributed by atoms with Crippen molar-refractivity contribution in [3.63, 3.8) is 0 Å². The van der Waals surface area contributed by atoms with Gasteiger partial charge in [0, 0.05) is 30.8 Å². The molecule has 154 valence electrons. The van der Waals surface area contributed by atoms with Crippen LogP contribution in [0, 0.1) is 10.1 Å². The molecule has 8 nitrogen and oxygen atoms in total. The predicted octanol–water partition coefficient (Wildman–Crippen LogP) is 3.38. The molecule has 9 heteroatoms. The highest BCUT2D eigenvalue weighted by Crippen LogP contribution is 2.17. The first-order chi connectivity index (χ1) is 13.5. The summed E-state index contributed by atoms with van der Waals surface area (Å²) in [5, 5.41) is 10.7. The highest BCUT2D eigenvalue weighted by Gasteiger charge is 2.15. The average molecular weight is 418 g/mol. The molecule has 0 spiro atoms. The summed E-state index contributed by atoms with van der Waals surface area (Å²) < 4.78 is 27.1. The van der Waals surface area contributed by atoms with Gasteiger partial charge >= 0.3 is 10.1 Å². The van der Waals surface area contributed by atoms with E-state index >= 15 is 0 Å². The van der Waals surface area contributed by atoms with Crippen LogP contribution in [0.15, 0.2) is 54.6 Å². The Hall–Kier alpha value is -3.20. The fourth-order valence-electron chi connectivity index (χ4n) is 2.51. The molecule has 0 aromatic heterocycles. The Bertz CT molecular complexity index is 996. The zero-order valence-electron chi connectivity index (χ0n) is 16.3. The van der Waals surface area contributed by atoms with Crippen LogP contribution in [0.3, 0.4) is 0 Å². The Morgan fingerprint density at radius 1 is 1.14 bits per heavy atom. The third-order valence-electron chi connectivity index (χ3n) is 3.95. The van der Waals surface area contributed by atoms with E-state index in [0.717, 1.165) is 11.8 Å². The minimum absolute atomic E-state index is 0.0133. The number of nitro groups is 1. The monoisotopic (exact) mass is 418 g/mol. The zero-order valence-corrected chi connectivity index (χ0v) is 17.1. The lowest BCUT2D eigenvalue weighted by molar-refractivity contribution is -0.384. The summed E-state index contributed by atoms with van der Waals surface area (Å²) in [6, 6.07) is 12.3. The molecule has 0 saturated heterocycles. The molecular weight excluding hydrogens is 396 g/mol. The van der Waals surface area contributed by atoms with Crippen LogP contribution in [-0.2, 0) is 21.5 Å². The minimum atomic E-state index is -3.59. The van der Waals surface area contributed by atoms with Crippen molar-refractivity contribution in [1.82, 2.24) is 4.90 Å². The van der Waals surface area contributed by atoms with Gasteiger partial charge in [0.25, 0.3) is 5.69 Å². The topological polar surface area (TPSA) is 107 Å². The summed E-state index contributed by atoms with van der Waals surface area (Å²) in [5.74, 6) is -0.00782. The van der Waals surface area contributed by atoms with Crippen molar-refractivity contribution in [1.29, 1.82) is 0 Å². The number of hydrogen-bond donors (Lipinski definition) is 0. The van der Waals surface area contributed by atoms with E-state index in [2.05, 4.69) is 0 Å². The van der Waals surface area contributed by atoms with Crippen LogP contribution in [0.2, 0.25) is 0 Å². The van der Waals surface area contributed by atoms with Crippen molar-refractivity contribution in [3.05, 3.63) is 75.8 Å². The number of hydrogen-bond acceptors (Lipinski definition) is 6. The van der Waals surface area contributed by atoms with E-state index in [1.165, 1.54) is 30.3 Å². The van der Waals surface area contributed by atoms with Crippen LogP contribution in [0.25, 0.3) is 6.08 Å². The smallest absolute Gasteiger partial charge is 0.306 e. The number of non-ortho nitro benzene ring substituents is 1. The molecule has 0 unspecified atom stereocenters. The van der Waals surface area contributed by atoms with Crippen LogP contribution in [0.4, 0.5) is 5.69 Å². The molecule has 0 heterocycles. The first-order valence-corrected chi connectivity index (χ1v) is 10.6. The molecule has 1 amide bonds. The fourth-order valence-corrected chi connectivity index (χ4v) is 2.97. The van der Waals surface area contributed by atoms with Gasteiger partial charge in [0.15, 0.2) is 0 Å². The number of nitro benzene ring substituents is 1. The maximum absolute atomic E-state index is 12.6. The zero-order chi connectivity index (χ0) is 21.6. The summed E-state index contributed by atoms with van der Waals surface area (Å²) in [6.45, 7) is 4.11. The van der Waals surface area contributed by atoms with Crippen molar-refractivity contribution in [2.24, 2.45) is 0 Å². The van der Waals surface area contributed by atoms with E-state index in [-0.39, 0.29) is 23.4 Å². The molecule has 0 aliphatic rings. The summed E-state index contributed by atoms with van der Waals surface area (Å²) in [6.07, 6.45) is 3.99. The standard InChI is InChI=1S/C20H22N2O6S/c1-15(2)21(14-17-6-11-19(12-7-17)28-29(3,26)27)20(23)13-8-16-4-9-18(10-5-16)22(24)25/h4-13,15H,14H2,1-3H3/b13-8+. The molecule has 0 fully saturated rings. The number of rotatable bonds is 8. The Morgan fingerprint density at radius 2 is 1.72 bits per heavy atom. The second-order valence-electron chi connectivity index (χ2n) is 6.67. The van der Waals surface area contributed by atoms with Gasteiger partial charge in [0.1, 0.15) is 5.75 Å². The summed E-state index contributed by atoms with van der Waals surface area (Å²) >= 11 is 0. The second-order valence-corrected chi connectivity index (χ2v) is 8.25. The third-order valence-corrected chi connectivity index (χ3v) is 4.45. The van der Waals surface area contributed by atoms with Crippen LogP contribution < -0.4 is 4.18 Å². The van der Waals surface area contributed by atoms with E-state index in [4.69, 9.17) is 4.18 Å². The maximum Gasteiger partial charge on any atom is 0.306 e. The summed E-state index contributed by atoms with van der Waals surface area (Å²) in [7, 11) is -3.59. The van der Waals surface area contributed by atoms with Gasteiger partial charge in [0.05, 0.1) is 11.2 Å². The van der Waals surface area contributed by atoms with Crippen molar-refractivity contribution < 1.29 is 22.3 Å². The minimum Gasteiger partial charge on any atom is -0.383 e. The summed E-state index contributed by atoms with van der Waals surface area (Å²) in [4.78, 5) is 24.5. The van der Waals surface area contributed by atoms with Crippen molar-refractivity contribution in [2.75, 3.05) is 6.26 Å². The number of nitrogens with zero attached hydrogens (tertiary/aromatic N) is 2. The molecule has 0 saturated carbocycles. The average Bonchev–Trinajstić information content (AvgIpc) is 2.64. The molecule has 2 aromatic rings. The Balaban J connectivity index is 2.08. The normalized spacial score (nSPS) is 11.6. The molecule has 0 N–H and O–H groups in total. The highest BCUT2D eigenvalue weighted by molar-refractivity contribution is 7.86. The summed E-state index contributed by atoms with van der Waals surface area (Å²) in [5.41, 5.74) is 1.48. The Labute approximate surface area is 169 Å². The molecule has 0 atom stereocenters. The largest absolute Gasteiger partial charge is 0.383 e. The Morgan fingerprint density at radius 3 is 2.21 bits per heavy atom. The number of benzene rings is 2. The van der Waals surface area contributed by atoms with E-state index in [0.29, 0.717) is 12.1 Å². The predicted molar refractivity (Wildman–Crippen MR) is 110 cm³/mol. The van der Waals surface area contributed by atoms with Crippen molar-refractivity contribution in [2.45, 2.75) is 26.4 Å². The molecule has 2 aromatic carbocycles. The van der Waals surface area contributed by atoms with E-state index in [1.807, 2.05) is 13.8 Å². The van der Waals surface area contributed by atoms with Crippen LogP contribution in [0.1, 0.15) is 25.0 Å². The SMILES string of the molecule is CC(C)N(Cc1ccc(OS(C)(=O)=O)cc1)C(=O)/C=C/c1ccc([N+](=O)[O-])cc1. The lowest BCUT2D eigenvalue weighted by atomic mass is 10.1. The van der Waals surface area contributed by atoms with Crippen molar-refractivity contribution >= 4 is 27.8 Å². The first-order valence-electron chi connectivity index (χ1n) is 8.76.